The molecule has 0 radical (unpaired) electrons. The van der Waals surface area contributed by atoms with E-state index < -0.39 is 11.5 Å². The molecule has 0 aliphatic heterocycles. The normalized spacial score (nSPS) is 16.0. The molecule has 2 unspecified atom stereocenters. The number of rotatable bonds is 16. The lowest BCUT2D eigenvalue weighted by molar-refractivity contribution is -0.149. The van der Waals surface area contributed by atoms with Crippen molar-refractivity contribution in [2.24, 2.45) is 11.8 Å². The Morgan fingerprint density at radius 1 is 1.09 bits per heavy atom. The SMILES string of the molecule is C=CCCC(Cc1ccccc1)C(=O)OCCNC(=O)C(CC=C)CC(=O)NC1(CO)CCCC1. The zero-order valence-electron chi connectivity index (χ0n) is 20.7. The van der Waals surface area contributed by atoms with E-state index in [2.05, 4.69) is 23.8 Å². The lowest BCUT2D eigenvalue weighted by Crippen LogP contribution is -2.50. The van der Waals surface area contributed by atoms with Gasteiger partial charge < -0.3 is 20.5 Å². The van der Waals surface area contributed by atoms with Crippen LogP contribution in [0.1, 0.15) is 56.9 Å². The molecule has 0 spiro atoms. The molecule has 1 aromatic rings. The quantitative estimate of drug-likeness (QED) is 0.189. The zero-order valence-corrected chi connectivity index (χ0v) is 20.7. The Labute approximate surface area is 209 Å². The van der Waals surface area contributed by atoms with Gasteiger partial charge in [-0.3, -0.25) is 14.4 Å². The van der Waals surface area contributed by atoms with Crippen molar-refractivity contribution < 1.29 is 24.2 Å². The van der Waals surface area contributed by atoms with Gasteiger partial charge in [-0.05, 0) is 44.1 Å². The molecular formula is C28H40N2O5. The first-order valence-corrected chi connectivity index (χ1v) is 12.5. The molecule has 0 aromatic heterocycles. The topological polar surface area (TPSA) is 105 Å². The molecule has 3 N–H and O–H groups in total. The molecule has 0 heterocycles. The first-order chi connectivity index (χ1) is 16.9. The van der Waals surface area contributed by atoms with Gasteiger partial charge >= 0.3 is 5.97 Å². The minimum Gasteiger partial charge on any atom is -0.464 e. The summed E-state index contributed by atoms with van der Waals surface area (Å²) in [5, 5.41) is 15.4. The van der Waals surface area contributed by atoms with Gasteiger partial charge in [-0.15, -0.1) is 13.2 Å². The van der Waals surface area contributed by atoms with Crippen LogP contribution in [0.25, 0.3) is 0 Å². The lowest BCUT2D eigenvalue weighted by Gasteiger charge is -2.28. The van der Waals surface area contributed by atoms with E-state index >= 15 is 0 Å². The van der Waals surface area contributed by atoms with E-state index in [1.54, 1.807) is 12.2 Å². The van der Waals surface area contributed by atoms with Gasteiger partial charge in [0.2, 0.25) is 11.8 Å². The summed E-state index contributed by atoms with van der Waals surface area (Å²) < 4.78 is 5.45. The van der Waals surface area contributed by atoms with Crippen LogP contribution in [-0.4, -0.2) is 48.2 Å². The Hall–Kier alpha value is -2.93. The number of carbonyl (C=O) groups is 3. The fraction of sp³-hybridized carbons (Fsp3) is 0.536. The van der Waals surface area contributed by atoms with E-state index in [1.807, 2.05) is 30.3 Å². The molecule has 35 heavy (non-hydrogen) atoms. The second-order valence-corrected chi connectivity index (χ2v) is 9.33. The highest BCUT2D eigenvalue weighted by Gasteiger charge is 2.35. The Balaban J connectivity index is 1.80. The fourth-order valence-electron chi connectivity index (χ4n) is 4.54. The average Bonchev–Trinajstić information content (AvgIpc) is 3.33. The molecule has 192 valence electrons. The second kappa shape index (κ2) is 15.1. The van der Waals surface area contributed by atoms with Crippen molar-refractivity contribution in [3.05, 3.63) is 61.2 Å². The summed E-state index contributed by atoms with van der Waals surface area (Å²) in [5.74, 6) is -1.68. The number of ether oxygens (including phenoxy) is 1. The minimum absolute atomic E-state index is 0.0140. The number of aliphatic hydroxyl groups is 1. The maximum absolute atomic E-state index is 12.7. The Morgan fingerprint density at radius 2 is 1.80 bits per heavy atom. The third-order valence-electron chi connectivity index (χ3n) is 6.54. The molecule has 1 fully saturated rings. The van der Waals surface area contributed by atoms with Gasteiger partial charge in [-0.25, -0.2) is 0 Å². The predicted molar refractivity (Wildman–Crippen MR) is 136 cm³/mol. The Bertz CT molecular complexity index is 833. The molecule has 7 nitrogen and oxygen atoms in total. The maximum Gasteiger partial charge on any atom is 0.309 e. The molecule has 2 rings (SSSR count). The number of hydrogen-bond donors (Lipinski definition) is 3. The van der Waals surface area contributed by atoms with Crippen molar-refractivity contribution in [1.29, 1.82) is 0 Å². The number of nitrogens with one attached hydrogen (secondary N) is 2. The highest BCUT2D eigenvalue weighted by atomic mass is 16.5. The summed E-state index contributed by atoms with van der Waals surface area (Å²) in [6, 6.07) is 9.79. The van der Waals surface area contributed by atoms with Crippen molar-refractivity contribution in [3.8, 4) is 0 Å². The molecule has 1 aliphatic carbocycles. The molecular weight excluding hydrogens is 444 g/mol. The number of amides is 2. The number of hydrogen-bond acceptors (Lipinski definition) is 5. The van der Waals surface area contributed by atoms with Crippen LogP contribution in [-0.2, 0) is 25.5 Å². The minimum atomic E-state index is -0.571. The average molecular weight is 485 g/mol. The highest BCUT2D eigenvalue weighted by Crippen LogP contribution is 2.29. The van der Waals surface area contributed by atoms with Crippen LogP contribution in [0, 0.1) is 11.8 Å². The summed E-state index contributed by atoms with van der Waals surface area (Å²) in [4.78, 5) is 37.9. The van der Waals surface area contributed by atoms with Gasteiger partial charge in [0.05, 0.1) is 30.5 Å². The van der Waals surface area contributed by atoms with E-state index in [1.165, 1.54) is 0 Å². The summed E-state index contributed by atoms with van der Waals surface area (Å²) in [7, 11) is 0. The Morgan fingerprint density at radius 3 is 2.43 bits per heavy atom. The first-order valence-electron chi connectivity index (χ1n) is 12.5. The third-order valence-corrected chi connectivity index (χ3v) is 6.54. The van der Waals surface area contributed by atoms with Gasteiger partial charge in [0.25, 0.3) is 0 Å². The highest BCUT2D eigenvalue weighted by molar-refractivity contribution is 5.86. The molecule has 1 aromatic carbocycles. The molecule has 1 saturated carbocycles. The molecule has 1 aliphatic rings. The summed E-state index contributed by atoms with van der Waals surface area (Å²) in [6.07, 6.45) is 9.15. The van der Waals surface area contributed by atoms with Crippen LogP contribution in [0.2, 0.25) is 0 Å². The molecule has 0 saturated heterocycles. The van der Waals surface area contributed by atoms with Crippen molar-refractivity contribution in [1.82, 2.24) is 10.6 Å². The van der Waals surface area contributed by atoms with Crippen LogP contribution >= 0.6 is 0 Å². The Kier molecular flexibility index (Phi) is 12.2. The molecule has 2 amide bonds. The maximum atomic E-state index is 12.7. The summed E-state index contributed by atoms with van der Waals surface area (Å²) in [5.41, 5.74) is 0.500. The predicted octanol–water partition coefficient (Wildman–Crippen LogP) is 3.47. The number of carbonyl (C=O) groups excluding carboxylic acids is 3. The smallest absolute Gasteiger partial charge is 0.309 e. The van der Waals surface area contributed by atoms with E-state index in [0.29, 0.717) is 25.7 Å². The second-order valence-electron chi connectivity index (χ2n) is 9.33. The summed E-state index contributed by atoms with van der Waals surface area (Å²) >= 11 is 0. The van der Waals surface area contributed by atoms with Crippen molar-refractivity contribution in [2.75, 3.05) is 19.8 Å². The number of allylic oxidation sites excluding steroid dienone is 2. The van der Waals surface area contributed by atoms with Crippen molar-refractivity contribution >= 4 is 17.8 Å². The van der Waals surface area contributed by atoms with E-state index in [4.69, 9.17) is 4.74 Å². The van der Waals surface area contributed by atoms with Crippen LogP contribution in [0.4, 0.5) is 0 Å². The van der Waals surface area contributed by atoms with E-state index in [9.17, 15) is 19.5 Å². The van der Waals surface area contributed by atoms with Crippen LogP contribution < -0.4 is 10.6 Å². The third kappa shape index (κ3) is 9.68. The van der Waals surface area contributed by atoms with Gasteiger partial charge in [-0.2, -0.15) is 0 Å². The largest absolute Gasteiger partial charge is 0.464 e. The first kappa shape index (κ1) is 28.3. The van der Waals surface area contributed by atoms with E-state index in [0.717, 1.165) is 31.2 Å². The van der Waals surface area contributed by atoms with Crippen LogP contribution in [0.15, 0.2) is 55.6 Å². The molecule has 2 atom stereocenters. The molecule has 0 bridgehead atoms. The van der Waals surface area contributed by atoms with Crippen molar-refractivity contribution in [3.63, 3.8) is 0 Å². The van der Waals surface area contributed by atoms with Crippen molar-refractivity contribution in [2.45, 2.75) is 63.3 Å². The zero-order chi connectivity index (χ0) is 25.5. The lowest BCUT2D eigenvalue weighted by atomic mass is 9.95. The number of benzene rings is 1. The number of aliphatic hydroxyl groups excluding tert-OH is 1. The van der Waals surface area contributed by atoms with Gasteiger partial charge in [0.1, 0.15) is 6.61 Å². The monoisotopic (exact) mass is 484 g/mol. The van der Waals surface area contributed by atoms with Crippen LogP contribution in [0.3, 0.4) is 0 Å². The fourth-order valence-corrected chi connectivity index (χ4v) is 4.54. The standard InChI is InChI=1S/C28H40N2O5/c1-3-5-14-24(19-22-12-7-6-8-13-22)27(34)35-18-17-29-26(33)23(11-4-2)20-25(32)30-28(21-31)15-9-10-16-28/h3-4,6-8,12-13,23-24,31H,1-2,5,9-11,14-21H2,(H,29,33)(H,30,32). The van der Waals surface area contributed by atoms with Crippen LogP contribution in [0.5, 0.6) is 0 Å². The van der Waals surface area contributed by atoms with E-state index in [-0.39, 0.29) is 49.9 Å². The van der Waals surface area contributed by atoms with Gasteiger partial charge in [-0.1, -0.05) is 55.3 Å². The van der Waals surface area contributed by atoms with Gasteiger partial charge in [0, 0.05) is 6.42 Å². The molecule has 7 heteroatoms. The van der Waals surface area contributed by atoms with Gasteiger partial charge in [0.15, 0.2) is 0 Å². The number of esters is 1. The summed E-state index contributed by atoms with van der Waals surface area (Å²) in [6.45, 7) is 7.56.